The minimum Gasteiger partial charge on any atom is -0.496 e. The van der Waals surface area contributed by atoms with Crippen LogP contribution >= 0.6 is 12.4 Å². The second-order valence-electron chi connectivity index (χ2n) is 4.76. The zero-order chi connectivity index (χ0) is 13.1. The summed E-state index contributed by atoms with van der Waals surface area (Å²) in [7, 11) is 1.68. The van der Waals surface area contributed by atoms with Crippen LogP contribution in [0.1, 0.15) is 30.5 Å². The van der Waals surface area contributed by atoms with Crippen molar-refractivity contribution in [1.29, 1.82) is 0 Å². The molecular weight excluding hydrogens is 264 g/mol. The number of benzene rings is 1. The minimum atomic E-state index is -0.139. The summed E-state index contributed by atoms with van der Waals surface area (Å²) in [6.45, 7) is 2.22. The molecule has 19 heavy (non-hydrogen) atoms. The van der Waals surface area contributed by atoms with E-state index in [-0.39, 0.29) is 30.3 Å². The number of halogens is 1. The first-order valence-electron chi connectivity index (χ1n) is 6.33. The molecule has 5 heteroatoms. The lowest BCUT2D eigenvalue weighted by atomic mass is 10.1. The molecule has 1 aromatic rings. The van der Waals surface area contributed by atoms with E-state index in [1.807, 2.05) is 19.1 Å². The second kappa shape index (κ2) is 6.78. The van der Waals surface area contributed by atoms with Crippen LogP contribution in [-0.4, -0.2) is 19.6 Å². The van der Waals surface area contributed by atoms with E-state index in [2.05, 4.69) is 11.4 Å². The molecule has 0 bridgehead atoms. The smallest absolute Gasteiger partial charge is 0.224 e. The first kappa shape index (κ1) is 15.8. The Bertz CT molecular complexity index is 451. The molecule has 1 aliphatic carbocycles. The maximum absolute atomic E-state index is 11.9. The molecule has 2 rings (SSSR count). The lowest BCUT2D eigenvalue weighted by Gasteiger charge is -2.17. The Kier molecular flexibility index (Phi) is 5.63. The lowest BCUT2D eigenvalue weighted by Crippen LogP contribution is -2.35. The summed E-state index contributed by atoms with van der Waals surface area (Å²) < 4.78 is 5.35. The largest absolute Gasteiger partial charge is 0.496 e. The van der Waals surface area contributed by atoms with Crippen LogP contribution in [0.25, 0.3) is 0 Å². The van der Waals surface area contributed by atoms with Crippen molar-refractivity contribution in [3.63, 3.8) is 0 Å². The number of carbonyl (C=O) groups excluding carboxylic acids is 1. The Labute approximate surface area is 120 Å². The third kappa shape index (κ3) is 3.19. The van der Waals surface area contributed by atoms with Gasteiger partial charge in [0.2, 0.25) is 5.91 Å². The molecule has 0 aliphatic heterocycles. The SMILES string of the molecule is COc1cccc2c1CCC2NC(=O)C(C)CN.Cl. The number of fused-ring (bicyclic) bond motifs is 1. The Morgan fingerprint density at radius 1 is 1.58 bits per heavy atom. The zero-order valence-corrected chi connectivity index (χ0v) is 12.1. The van der Waals surface area contributed by atoms with Crippen LogP contribution in [0.15, 0.2) is 18.2 Å². The zero-order valence-electron chi connectivity index (χ0n) is 11.3. The normalized spacial score (nSPS) is 18.2. The molecule has 106 valence electrons. The summed E-state index contributed by atoms with van der Waals surface area (Å²) in [6.07, 6.45) is 1.88. The van der Waals surface area contributed by atoms with Gasteiger partial charge in [0.25, 0.3) is 0 Å². The Balaban J connectivity index is 0.00000180. The molecule has 4 nitrogen and oxygen atoms in total. The highest BCUT2D eigenvalue weighted by Crippen LogP contribution is 2.36. The van der Waals surface area contributed by atoms with E-state index >= 15 is 0 Å². The van der Waals surface area contributed by atoms with Gasteiger partial charge in [0.15, 0.2) is 0 Å². The van der Waals surface area contributed by atoms with Crippen molar-refractivity contribution in [1.82, 2.24) is 5.32 Å². The van der Waals surface area contributed by atoms with Crippen molar-refractivity contribution < 1.29 is 9.53 Å². The summed E-state index contributed by atoms with van der Waals surface area (Å²) >= 11 is 0. The average Bonchev–Trinajstić information content (AvgIpc) is 2.81. The van der Waals surface area contributed by atoms with Crippen molar-refractivity contribution in [3.05, 3.63) is 29.3 Å². The van der Waals surface area contributed by atoms with Gasteiger partial charge in [-0.05, 0) is 30.0 Å². The fourth-order valence-electron chi connectivity index (χ4n) is 2.38. The van der Waals surface area contributed by atoms with Gasteiger partial charge in [-0.1, -0.05) is 19.1 Å². The molecule has 0 radical (unpaired) electrons. The van der Waals surface area contributed by atoms with Gasteiger partial charge < -0.3 is 15.8 Å². The van der Waals surface area contributed by atoms with Gasteiger partial charge in [0.05, 0.1) is 13.2 Å². The highest BCUT2D eigenvalue weighted by molar-refractivity contribution is 5.85. The van der Waals surface area contributed by atoms with Crippen molar-refractivity contribution in [3.8, 4) is 5.75 Å². The highest BCUT2D eigenvalue weighted by atomic mass is 35.5. The Morgan fingerprint density at radius 2 is 2.32 bits per heavy atom. The quantitative estimate of drug-likeness (QED) is 0.886. The van der Waals surface area contributed by atoms with E-state index in [1.54, 1.807) is 7.11 Å². The molecule has 0 spiro atoms. The van der Waals surface area contributed by atoms with Crippen LogP contribution in [0.2, 0.25) is 0 Å². The number of nitrogens with two attached hydrogens (primary N) is 1. The number of carbonyl (C=O) groups is 1. The molecule has 0 heterocycles. The number of methoxy groups -OCH3 is 1. The van der Waals surface area contributed by atoms with E-state index in [4.69, 9.17) is 10.5 Å². The molecule has 2 unspecified atom stereocenters. The van der Waals surface area contributed by atoms with Crippen molar-refractivity contribution in [2.45, 2.75) is 25.8 Å². The molecule has 1 amide bonds. The number of nitrogens with one attached hydrogen (secondary N) is 1. The van der Waals surface area contributed by atoms with E-state index in [9.17, 15) is 4.79 Å². The number of hydrogen-bond donors (Lipinski definition) is 2. The van der Waals surface area contributed by atoms with Crippen LogP contribution in [0.4, 0.5) is 0 Å². The topological polar surface area (TPSA) is 64.3 Å². The van der Waals surface area contributed by atoms with Gasteiger partial charge >= 0.3 is 0 Å². The fourth-order valence-corrected chi connectivity index (χ4v) is 2.38. The summed E-state index contributed by atoms with van der Waals surface area (Å²) in [5.41, 5.74) is 7.89. The maximum Gasteiger partial charge on any atom is 0.224 e. The van der Waals surface area contributed by atoms with Crippen LogP contribution in [0, 0.1) is 5.92 Å². The van der Waals surface area contributed by atoms with Crippen molar-refractivity contribution in [2.24, 2.45) is 11.7 Å². The van der Waals surface area contributed by atoms with E-state index in [0.29, 0.717) is 6.54 Å². The third-order valence-corrected chi connectivity index (χ3v) is 3.57. The standard InChI is InChI=1S/C14H20N2O2.ClH/c1-9(8-15)14(17)16-12-7-6-11-10(12)4-3-5-13(11)18-2;/h3-5,9,12H,6-8,15H2,1-2H3,(H,16,17);1H. The van der Waals surface area contributed by atoms with Gasteiger partial charge in [0.1, 0.15) is 5.75 Å². The average molecular weight is 285 g/mol. The fraction of sp³-hybridized carbons (Fsp3) is 0.500. The number of ether oxygens (including phenoxy) is 1. The van der Waals surface area contributed by atoms with Gasteiger partial charge in [-0.2, -0.15) is 0 Å². The third-order valence-electron chi connectivity index (χ3n) is 3.57. The predicted octanol–water partition coefficient (Wildman–Crippen LogP) is 1.82. The van der Waals surface area contributed by atoms with Crippen LogP contribution in [0.3, 0.4) is 0 Å². The van der Waals surface area contributed by atoms with E-state index < -0.39 is 0 Å². The number of rotatable bonds is 4. The predicted molar refractivity (Wildman–Crippen MR) is 77.7 cm³/mol. The Morgan fingerprint density at radius 3 is 2.95 bits per heavy atom. The first-order chi connectivity index (χ1) is 8.67. The molecule has 0 saturated carbocycles. The van der Waals surface area contributed by atoms with Gasteiger partial charge in [-0.15, -0.1) is 12.4 Å². The second-order valence-corrected chi connectivity index (χ2v) is 4.76. The first-order valence-corrected chi connectivity index (χ1v) is 6.33. The lowest BCUT2D eigenvalue weighted by molar-refractivity contribution is -0.124. The van der Waals surface area contributed by atoms with Crippen LogP contribution in [0.5, 0.6) is 5.75 Å². The highest BCUT2D eigenvalue weighted by Gasteiger charge is 2.27. The maximum atomic E-state index is 11.9. The Hall–Kier alpha value is -1.26. The van der Waals surface area contributed by atoms with Gasteiger partial charge in [-0.3, -0.25) is 4.79 Å². The molecular formula is C14H21ClN2O2. The number of amides is 1. The summed E-state index contributed by atoms with van der Waals surface area (Å²) in [6, 6.07) is 6.08. The molecule has 0 saturated heterocycles. The van der Waals surface area contributed by atoms with Crippen LogP contribution in [-0.2, 0) is 11.2 Å². The van der Waals surface area contributed by atoms with Crippen LogP contribution < -0.4 is 15.8 Å². The molecule has 0 aromatic heterocycles. The van der Waals surface area contributed by atoms with Crippen molar-refractivity contribution in [2.75, 3.05) is 13.7 Å². The monoisotopic (exact) mass is 284 g/mol. The molecule has 1 aromatic carbocycles. The van der Waals surface area contributed by atoms with Gasteiger partial charge in [-0.25, -0.2) is 0 Å². The number of hydrogen-bond acceptors (Lipinski definition) is 3. The molecule has 2 atom stereocenters. The summed E-state index contributed by atoms with van der Waals surface area (Å²) in [4.78, 5) is 11.9. The minimum absolute atomic E-state index is 0. The van der Waals surface area contributed by atoms with Crippen molar-refractivity contribution >= 4 is 18.3 Å². The summed E-state index contributed by atoms with van der Waals surface area (Å²) in [5.74, 6) is 0.800. The molecule has 0 fully saturated rings. The molecule has 3 N–H and O–H groups in total. The molecule has 1 aliphatic rings. The summed E-state index contributed by atoms with van der Waals surface area (Å²) in [5, 5.41) is 3.06. The van der Waals surface area contributed by atoms with Gasteiger partial charge in [0, 0.05) is 12.5 Å². The van der Waals surface area contributed by atoms with E-state index in [0.717, 1.165) is 18.6 Å². The van der Waals surface area contributed by atoms with E-state index in [1.165, 1.54) is 11.1 Å².